The van der Waals surface area contributed by atoms with Gasteiger partial charge in [0.25, 0.3) is 0 Å². The second-order valence-electron chi connectivity index (χ2n) is 4.07. The van der Waals surface area contributed by atoms with Crippen molar-refractivity contribution in [1.29, 1.82) is 5.26 Å². The zero-order valence-corrected chi connectivity index (χ0v) is 10.9. The highest BCUT2D eigenvalue weighted by molar-refractivity contribution is 7.13. The molecular formula is C16H10N2S. The largest absolute Gasteiger partial charge is 0.255 e. The third-order valence-electron chi connectivity index (χ3n) is 2.89. The first kappa shape index (κ1) is 11.6. The Hall–Kier alpha value is -2.44. The van der Waals surface area contributed by atoms with Gasteiger partial charge in [0.1, 0.15) is 0 Å². The van der Waals surface area contributed by atoms with Crippen LogP contribution < -0.4 is 0 Å². The molecule has 90 valence electrons. The van der Waals surface area contributed by atoms with Gasteiger partial charge < -0.3 is 0 Å². The van der Waals surface area contributed by atoms with Crippen molar-refractivity contribution in [3.05, 3.63) is 65.7 Å². The highest BCUT2D eigenvalue weighted by atomic mass is 32.1. The molecule has 0 saturated carbocycles. The molecule has 19 heavy (non-hydrogen) atoms. The first-order valence-electron chi connectivity index (χ1n) is 5.88. The van der Waals surface area contributed by atoms with Crippen molar-refractivity contribution in [3.8, 4) is 27.8 Å². The van der Waals surface area contributed by atoms with Crippen LogP contribution in [0, 0.1) is 11.3 Å². The fraction of sp³-hybridized carbons (Fsp3) is 0. The third-order valence-corrected chi connectivity index (χ3v) is 3.76. The van der Waals surface area contributed by atoms with Gasteiger partial charge in [0.2, 0.25) is 0 Å². The Morgan fingerprint density at radius 3 is 2.53 bits per heavy atom. The summed E-state index contributed by atoms with van der Waals surface area (Å²) >= 11 is 1.68. The second kappa shape index (κ2) is 5.05. The van der Waals surface area contributed by atoms with E-state index in [2.05, 4.69) is 23.2 Å². The lowest BCUT2D eigenvalue weighted by Gasteiger charge is -2.07. The molecule has 2 nitrogen and oxygen atoms in total. The van der Waals surface area contributed by atoms with Crippen LogP contribution >= 0.6 is 11.3 Å². The molecule has 0 bridgehead atoms. The summed E-state index contributed by atoms with van der Waals surface area (Å²) in [4.78, 5) is 5.64. The van der Waals surface area contributed by atoms with Crippen LogP contribution in [0.4, 0.5) is 0 Å². The van der Waals surface area contributed by atoms with Gasteiger partial charge in [-0.25, -0.2) is 0 Å². The van der Waals surface area contributed by atoms with Crippen LogP contribution in [-0.4, -0.2) is 4.98 Å². The summed E-state index contributed by atoms with van der Waals surface area (Å²) in [6.45, 7) is 0. The van der Waals surface area contributed by atoms with Crippen molar-refractivity contribution < 1.29 is 0 Å². The zero-order valence-electron chi connectivity index (χ0n) is 10.1. The molecule has 0 spiro atoms. The van der Waals surface area contributed by atoms with Crippen molar-refractivity contribution in [3.63, 3.8) is 0 Å². The lowest BCUT2D eigenvalue weighted by atomic mass is 10.0. The summed E-state index contributed by atoms with van der Waals surface area (Å²) in [6.07, 6.45) is 1.81. The van der Waals surface area contributed by atoms with E-state index in [4.69, 9.17) is 5.26 Å². The van der Waals surface area contributed by atoms with Crippen LogP contribution in [0.5, 0.6) is 0 Å². The molecule has 0 saturated heterocycles. The normalized spacial score (nSPS) is 10.1. The lowest BCUT2D eigenvalue weighted by molar-refractivity contribution is 1.34. The van der Waals surface area contributed by atoms with Crippen molar-refractivity contribution in [2.75, 3.05) is 0 Å². The SMILES string of the molecule is N#Cc1ccc(-c2cccnc2-c2cccs2)cc1. The van der Waals surface area contributed by atoms with Crippen LogP contribution in [0.1, 0.15) is 5.56 Å². The maximum Gasteiger partial charge on any atom is 0.0991 e. The van der Waals surface area contributed by atoms with Gasteiger partial charge >= 0.3 is 0 Å². The van der Waals surface area contributed by atoms with Crippen molar-refractivity contribution in [2.24, 2.45) is 0 Å². The molecule has 0 radical (unpaired) electrons. The maximum absolute atomic E-state index is 8.84. The number of benzene rings is 1. The standard InChI is InChI=1S/C16H10N2S/c17-11-12-5-7-13(8-6-12)14-3-1-9-18-16(14)15-4-2-10-19-15/h1-10H. The van der Waals surface area contributed by atoms with E-state index in [1.54, 1.807) is 11.3 Å². The molecule has 0 aliphatic carbocycles. The predicted molar refractivity (Wildman–Crippen MR) is 77.7 cm³/mol. The molecule has 0 atom stereocenters. The quantitative estimate of drug-likeness (QED) is 0.688. The molecule has 0 fully saturated rings. The Bertz CT molecular complexity index is 722. The Morgan fingerprint density at radius 1 is 1.00 bits per heavy atom. The number of nitrogens with zero attached hydrogens (tertiary/aromatic N) is 2. The molecule has 0 N–H and O–H groups in total. The Kier molecular flexibility index (Phi) is 3.09. The minimum Gasteiger partial charge on any atom is -0.255 e. The van der Waals surface area contributed by atoms with Crippen molar-refractivity contribution in [2.45, 2.75) is 0 Å². The van der Waals surface area contributed by atoms with Crippen LogP contribution in [0.3, 0.4) is 0 Å². The maximum atomic E-state index is 8.84. The summed E-state index contributed by atoms with van der Waals surface area (Å²) in [5.41, 5.74) is 3.83. The van der Waals surface area contributed by atoms with Crippen molar-refractivity contribution >= 4 is 11.3 Å². The molecule has 0 unspecified atom stereocenters. The van der Waals surface area contributed by atoms with Gasteiger partial charge in [-0.15, -0.1) is 11.3 Å². The predicted octanol–water partition coefficient (Wildman–Crippen LogP) is 4.35. The van der Waals surface area contributed by atoms with Gasteiger partial charge in [0.15, 0.2) is 0 Å². The number of hydrogen-bond donors (Lipinski definition) is 0. The number of thiophene rings is 1. The molecule has 2 heterocycles. The zero-order chi connectivity index (χ0) is 13.1. The van der Waals surface area contributed by atoms with E-state index in [0.29, 0.717) is 5.56 Å². The van der Waals surface area contributed by atoms with Gasteiger partial charge in [-0.3, -0.25) is 4.98 Å². The molecule has 0 aliphatic rings. The molecule has 3 heteroatoms. The smallest absolute Gasteiger partial charge is 0.0991 e. The summed E-state index contributed by atoms with van der Waals surface area (Å²) in [5, 5.41) is 10.9. The van der Waals surface area contributed by atoms with E-state index in [9.17, 15) is 0 Å². The fourth-order valence-electron chi connectivity index (χ4n) is 1.97. The molecular weight excluding hydrogens is 252 g/mol. The molecule has 2 aromatic heterocycles. The number of pyridine rings is 1. The number of aromatic nitrogens is 1. The average Bonchev–Trinajstić information content (AvgIpc) is 3.01. The molecule has 3 rings (SSSR count). The average molecular weight is 262 g/mol. The van der Waals surface area contributed by atoms with Crippen molar-refractivity contribution in [1.82, 2.24) is 4.98 Å². The lowest BCUT2D eigenvalue weighted by Crippen LogP contribution is -1.86. The van der Waals surface area contributed by atoms with Gasteiger partial charge in [0, 0.05) is 11.8 Å². The fourth-order valence-corrected chi connectivity index (χ4v) is 2.71. The van der Waals surface area contributed by atoms with E-state index in [1.165, 1.54) is 0 Å². The van der Waals surface area contributed by atoms with Crippen LogP contribution in [-0.2, 0) is 0 Å². The summed E-state index contributed by atoms with van der Waals surface area (Å²) in [5.74, 6) is 0. The van der Waals surface area contributed by atoms with Gasteiger partial charge in [0.05, 0.1) is 22.2 Å². The van der Waals surface area contributed by atoms with E-state index in [-0.39, 0.29) is 0 Å². The van der Waals surface area contributed by atoms with Crippen LogP contribution in [0.2, 0.25) is 0 Å². The molecule has 0 amide bonds. The van der Waals surface area contributed by atoms with E-state index in [1.807, 2.05) is 48.0 Å². The highest BCUT2D eigenvalue weighted by Crippen LogP contribution is 2.32. The minimum atomic E-state index is 0.672. The summed E-state index contributed by atoms with van der Waals surface area (Å²) < 4.78 is 0. The van der Waals surface area contributed by atoms with Crippen LogP contribution in [0.25, 0.3) is 21.7 Å². The third kappa shape index (κ3) is 2.26. The van der Waals surface area contributed by atoms with Gasteiger partial charge in [-0.05, 0) is 35.2 Å². The summed E-state index contributed by atoms with van der Waals surface area (Å²) in [7, 11) is 0. The van der Waals surface area contributed by atoms with E-state index < -0.39 is 0 Å². The van der Waals surface area contributed by atoms with Gasteiger partial charge in [-0.2, -0.15) is 5.26 Å². The number of hydrogen-bond acceptors (Lipinski definition) is 3. The molecule has 1 aromatic carbocycles. The van der Waals surface area contributed by atoms with Crippen LogP contribution in [0.15, 0.2) is 60.1 Å². The van der Waals surface area contributed by atoms with E-state index in [0.717, 1.165) is 21.7 Å². The first-order valence-corrected chi connectivity index (χ1v) is 6.76. The minimum absolute atomic E-state index is 0.672. The van der Waals surface area contributed by atoms with Gasteiger partial charge in [-0.1, -0.05) is 24.3 Å². The Balaban J connectivity index is 2.12. The molecule has 3 aromatic rings. The summed E-state index contributed by atoms with van der Waals surface area (Å²) in [6, 6.07) is 17.8. The number of nitriles is 1. The number of rotatable bonds is 2. The first-order chi connectivity index (χ1) is 9.38. The van der Waals surface area contributed by atoms with E-state index >= 15 is 0 Å². The second-order valence-corrected chi connectivity index (χ2v) is 5.01. The molecule has 0 aliphatic heterocycles. The highest BCUT2D eigenvalue weighted by Gasteiger charge is 2.08. The Morgan fingerprint density at radius 2 is 1.84 bits per heavy atom. The topological polar surface area (TPSA) is 36.7 Å². The monoisotopic (exact) mass is 262 g/mol. The Labute approximate surface area is 115 Å².